The summed E-state index contributed by atoms with van der Waals surface area (Å²) in [6, 6.07) is 3.96. The molecule has 21 heavy (non-hydrogen) atoms. The van der Waals surface area contributed by atoms with Crippen molar-refractivity contribution < 1.29 is 4.79 Å². The number of anilines is 1. The molecule has 0 saturated carbocycles. The molecule has 2 N–H and O–H groups in total. The number of carbonyl (C=O) groups is 1. The van der Waals surface area contributed by atoms with Crippen molar-refractivity contribution >= 4 is 11.6 Å². The van der Waals surface area contributed by atoms with Crippen LogP contribution in [-0.4, -0.2) is 48.5 Å². The SMILES string of the molecule is CCCNc1ccnc(C(=O)NC2CCN(C)CC2C)c1. The fraction of sp³-hybridized carbons (Fsp3) is 0.625. The third kappa shape index (κ3) is 4.43. The van der Waals surface area contributed by atoms with Crippen LogP contribution in [0.5, 0.6) is 0 Å². The van der Waals surface area contributed by atoms with Crippen LogP contribution in [-0.2, 0) is 0 Å². The lowest BCUT2D eigenvalue weighted by molar-refractivity contribution is 0.0879. The van der Waals surface area contributed by atoms with Crippen molar-refractivity contribution in [1.29, 1.82) is 0 Å². The van der Waals surface area contributed by atoms with Gasteiger partial charge in [-0.25, -0.2) is 0 Å². The summed E-state index contributed by atoms with van der Waals surface area (Å²) < 4.78 is 0. The minimum atomic E-state index is -0.0726. The lowest BCUT2D eigenvalue weighted by Crippen LogP contribution is -2.49. The Morgan fingerprint density at radius 3 is 3.05 bits per heavy atom. The second kappa shape index (κ2) is 7.41. The number of rotatable bonds is 5. The third-order valence-electron chi connectivity index (χ3n) is 4.00. The molecule has 1 fully saturated rings. The fourth-order valence-electron chi connectivity index (χ4n) is 2.74. The van der Waals surface area contributed by atoms with Crippen LogP contribution in [0.3, 0.4) is 0 Å². The normalized spacial score (nSPS) is 22.8. The highest BCUT2D eigenvalue weighted by Gasteiger charge is 2.26. The van der Waals surface area contributed by atoms with Crippen molar-refractivity contribution in [3.05, 3.63) is 24.0 Å². The molecule has 2 rings (SSSR count). The van der Waals surface area contributed by atoms with Gasteiger partial charge in [0.25, 0.3) is 5.91 Å². The Kier molecular flexibility index (Phi) is 5.56. The molecule has 1 aromatic rings. The van der Waals surface area contributed by atoms with Gasteiger partial charge in [-0.15, -0.1) is 0 Å². The van der Waals surface area contributed by atoms with Gasteiger partial charge in [0, 0.05) is 31.0 Å². The third-order valence-corrected chi connectivity index (χ3v) is 4.00. The summed E-state index contributed by atoms with van der Waals surface area (Å²) in [4.78, 5) is 18.8. The fourth-order valence-corrected chi connectivity index (χ4v) is 2.74. The predicted molar refractivity (Wildman–Crippen MR) is 85.5 cm³/mol. The van der Waals surface area contributed by atoms with E-state index in [0.717, 1.165) is 38.2 Å². The molecule has 0 aromatic carbocycles. The Labute approximate surface area is 127 Å². The monoisotopic (exact) mass is 290 g/mol. The topological polar surface area (TPSA) is 57.3 Å². The molecule has 116 valence electrons. The zero-order valence-electron chi connectivity index (χ0n) is 13.2. The summed E-state index contributed by atoms with van der Waals surface area (Å²) in [6.07, 6.45) is 3.74. The van der Waals surface area contributed by atoms with Gasteiger partial charge in [0.1, 0.15) is 5.69 Å². The number of piperidine rings is 1. The summed E-state index contributed by atoms with van der Waals surface area (Å²) in [5, 5.41) is 6.41. The maximum absolute atomic E-state index is 12.4. The van der Waals surface area contributed by atoms with E-state index >= 15 is 0 Å². The first-order valence-electron chi connectivity index (χ1n) is 7.79. The summed E-state index contributed by atoms with van der Waals surface area (Å²) >= 11 is 0. The van der Waals surface area contributed by atoms with Gasteiger partial charge < -0.3 is 15.5 Å². The van der Waals surface area contributed by atoms with Crippen molar-refractivity contribution in [2.75, 3.05) is 32.0 Å². The molecule has 1 aliphatic heterocycles. The number of nitrogens with one attached hydrogen (secondary N) is 2. The van der Waals surface area contributed by atoms with E-state index in [1.54, 1.807) is 6.20 Å². The van der Waals surface area contributed by atoms with E-state index in [1.807, 2.05) is 12.1 Å². The minimum Gasteiger partial charge on any atom is -0.385 e. The highest BCUT2D eigenvalue weighted by atomic mass is 16.1. The molecule has 5 nitrogen and oxygen atoms in total. The molecule has 1 aromatic heterocycles. The van der Waals surface area contributed by atoms with E-state index < -0.39 is 0 Å². The van der Waals surface area contributed by atoms with Crippen LogP contribution in [0, 0.1) is 5.92 Å². The Hall–Kier alpha value is -1.62. The van der Waals surface area contributed by atoms with Gasteiger partial charge in [-0.2, -0.15) is 0 Å². The molecule has 5 heteroatoms. The molecule has 0 aliphatic carbocycles. The van der Waals surface area contributed by atoms with Gasteiger partial charge in [-0.1, -0.05) is 13.8 Å². The molecule has 1 amide bonds. The quantitative estimate of drug-likeness (QED) is 0.870. The molecule has 2 unspecified atom stereocenters. The van der Waals surface area contributed by atoms with Crippen molar-refractivity contribution in [2.24, 2.45) is 5.92 Å². The van der Waals surface area contributed by atoms with Crippen LogP contribution in [0.4, 0.5) is 5.69 Å². The Morgan fingerprint density at radius 2 is 2.33 bits per heavy atom. The highest BCUT2D eigenvalue weighted by molar-refractivity contribution is 5.93. The molecule has 1 saturated heterocycles. The number of likely N-dealkylation sites (tertiary alicyclic amines) is 1. The first kappa shape index (κ1) is 15.8. The number of nitrogens with zero attached hydrogens (tertiary/aromatic N) is 2. The lowest BCUT2D eigenvalue weighted by Gasteiger charge is -2.35. The van der Waals surface area contributed by atoms with Crippen molar-refractivity contribution in [2.45, 2.75) is 32.7 Å². The van der Waals surface area contributed by atoms with E-state index in [2.05, 4.69) is 41.4 Å². The Morgan fingerprint density at radius 1 is 1.52 bits per heavy atom. The number of hydrogen-bond acceptors (Lipinski definition) is 4. The molecule has 1 aliphatic rings. The van der Waals surface area contributed by atoms with Crippen LogP contribution in [0.2, 0.25) is 0 Å². The average molecular weight is 290 g/mol. The lowest BCUT2D eigenvalue weighted by atomic mass is 9.94. The largest absolute Gasteiger partial charge is 0.385 e. The molecule has 0 spiro atoms. The molecule has 2 heterocycles. The predicted octanol–water partition coefficient (Wildman–Crippen LogP) is 1.97. The first-order chi connectivity index (χ1) is 10.1. The zero-order chi connectivity index (χ0) is 15.2. The van der Waals surface area contributed by atoms with Crippen LogP contribution < -0.4 is 10.6 Å². The number of amides is 1. The smallest absolute Gasteiger partial charge is 0.270 e. The van der Waals surface area contributed by atoms with Crippen LogP contribution in [0.15, 0.2) is 18.3 Å². The van der Waals surface area contributed by atoms with E-state index in [0.29, 0.717) is 11.6 Å². The average Bonchev–Trinajstić information content (AvgIpc) is 2.48. The summed E-state index contributed by atoms with van der Waals surface area (Å²) in [5.41, 5.74) is 1.44. The van der Waals surface area contributed by atoms with E-state index in [1.165, 1.54) is 0 Å². The molecular formula is C16H26N4O. The van der Waals surface area contributed by atoms with Gasteiger partial charge in [0.2, 0.25) is 0 Å². The van der Waals surface area contributed by atoms with Gasteiger partial charge in [-0.3, -0.25) is 9.78 Å². The second-order valence-electron chi connectivity index (χ2n) is 5.96. The van der Waals surface area contributed by atoms with E-state index in [-0.39, 0.29) is 11.9 Å². The maximum atomic E-state index is 12.4. The first-order valence-corrected chi connectivity index (χ1v) is 7.79. The van der Waals surface area contributed by atoms with Gasteiger partial charge >= 0.3 is 0 Å². The highest BCUT2D eigenvalue weighted by Crippen LogP contribution is 2.16. The second-order valence-corrected chi connectivity index (χ2v) is 5.96. The van der Waals surface area contributed by atoms with Crippen LogP contribution >= 0.6 is 0 Å². The summed E-state index contributed by atoms with van der Waals surface area (Å²) in [7, 11) is 2.12. The summed E-state index contributed by atoms with van der Waals surface area (Å²) in [6.45, 7) is 7.25. The molecular weight excluding hydrogens is 264 g/mol. The minimum absolute atomic E-state index is 0.0726. The van der Waals surface area contributed by atoms with E-state index in [9.17, 15) is 4.79 Å². The number of carbonyl (C=O) groups excluding carboxylic acids is 1. The van der Waals surface area contributed by atoms with Crippen molar-refractivity contribution in [3.63, 3.8) is 0 Å². The van der Waals surface area contributed by atoms with Crippen molar-refractivity contribution in [3.8, 4) is 0 Å². The standard InChI is InChI=1S/C16H26N4O/c1-4-7-17-13-5-8-18-15(10-13)16(21)19-14-6-9-20(3)11-12(14)2/h5,8,10,12,14H,4,6-7,9,11H2,1-3H3,(H,17,18)(H,19,21). The molecule has 2 atom stereocenters. The molecule has 0 bridgehead atoms. The van der Waals surface area contributed by atoms with Crippen LogP contribution in [0.1, 0.15) is 37.2 Å². The Balaban J connectivity index is 1.96. The van der Waals surface area contributed by atoms with Gasteiger partial charge in [0.05, 0.1) is 0 Å². The number of aromatic nitrogens is 1. The Bertz CT molecular complexity index is 477. The molecule has 0 radical (unpaired) electrons. The number of hydrogen-bond donors (Lipinski definition) is 2. The number of pyridine rings is 1. The maximum Gasteiger partial charge on any atom is 0.270 e. The van der Waals surface area contributed by atoms with E-state index in [4.69, 9.17) is 0 Å². The zero-order valence-corrected chi connectivity index (χ0v) is 13.2. The summed E-state index contributed by atoms with van der Waals surface area (Å²) in [5.74, 6) is 0.394. The van der Waals surface area contributed by atoms with Gasteiger partial charge in [0.15, 0.2) is 0 Å². The van der Waals surface area contributed by atoms with Crippen molar-refractivity contribution in [1.82, 2.24) is 15.2 Å². The van der Waals surface area contributed by atoms with Gasteiger partial charge in [-0.05, 0) is 44.5 Å². The van der Waals surface area contributed by atoms with Crippen LogP contribution in [0.25, 0.3) is 0 Å².